The van der Waals surface area contributed by atoms with Crippen molar-refractivity contribution in [2.45, 2.75) is 32.0 Å². The van der Waals surface area contributed by atoms with Crippen molar-refractivity contribution in [2.75, 3.05) is 13.1 Å². The first-order valence-corrected chi connectivity index (χ1v) is 9.89. The summed E-state index contributed by atoms with van der Waals surface area (Å²) < 4.78 is 29.3. The first-order valence-electron chi connectivity index (χ1n) is 9.89. The molecule has 2 saturated heterocycles. The predicted octanol–water partition coefficient (Wildman–Crippen LogP) is 2.17. The molecule has 0 saturated carbocycles. The number of hydrogen-bond donors (Lipinski definition) is 4. The second kappa shape index (κ2) is 6.40. The molecule has 0 spiro atoms. The van der Waals surface area contributed by atoms with E-state index in [0.717, 1.165) is 18.7 Å². The van der Waals surface area contributed by atoms with Gasteiger partial charge in [-0.15, -0.1) is 0 Å². The van der Waals surface area contributed by atoms with Crippen molar-refractivity contribution >= 4 is 5.57 Å². The van der Waals surface area contributed by atoms with Crippen molar-refractivity contribution in [3.63, 3.8) is 0 Å². The van der Waals surface area contributed by atoms with Gasteiger partial charge in [0.15, 0.2) is 0 Å². The van der Waals surface area contributed by atoms with Gasteiger partial charge in [-0.25, -0.2) is 8.78 Å². The van der Waals surface area contributed by atoms with Crippen LogP contribution in [0, 0.1) is 35.3 Å². The fraction of sp³-hybridized carbons (Fsp3) is 0.524. The van der Waals surface area contributed by atoms with Crippen molar-refractivity contribution in [1.82, 2.24) is 21.5 Å². The Labute approximate surface area is 158 Å². The number of hydrazine groups is 1. The predicted molar refractivity (Wildman–Crippen MR) is 101 cm³/mol. The fourth-order valence-electron chi connectivity index (χ4n) is 5.64. The van der Waals surface area contributed by atoms with E-state index in [1.165, 1.54) is 23.8 Å². The lowest BCUT2D eigenvalue weighted by Crippen LogP contribution is -2.53. The van der Waals surface area contributed by atoms with Crippen LogP contribution < -0.4 is 21.5 Å². The third-order valence-electron chi connectivity index (χ3n) is 6.82. The van der Waals surface area contributed by atoms with E-state index in [0.29, 0.717) is 17.9 Å². The number of allylic oxidation sites excluding steroid dienone is 1. The van der Waals surface area contributed by atoms with Crippen LogP contribution in [0.4, 0.5) is 8.78 Å². The highest BCUT2D eigenvalue weighted by atomic mass is 19.1. The van der Waals surface area contributed by atoms with Gasteiger partial charge in [0.1, 0.15) is 11.6 Å². The minimum absolute atomic E-state index is 0.0643. The number of rotatable bonds is 2. The molecular formula is C21H26F2N4. The highest BCUT2D eigenvalue weighted by Gasteiger charge is 2.53. The Morgan fingerprint density at radius 1 is 1.15 bits per heavy atom. The van der Waals surface area contributed by atoms with Gasteiger partial charge in [0.25, 0.3) is 0 Å². The first-order chi connectivity index (χ1) is 13.1. The summed E-state index contributed by atoms with van der Waals surface area (Å²) in [5, 5.41) is 7.11. The standard InChI is InChI=1S/C21H26F2N4/c1-10(2)12-6-13(18-14(22)4-3-5-15(18)23)20-17-11(8-25-20)7-24-16-9-26-27-21(16)19(12)17/h3-7,10,12,16-17,19-21,24-27H,8-9H2,1-2H3. The van der Waals surface area contributed by atoms with Gasteiger partial charge in [-0.05, 0) is 47.2 Å². The average Bonchev–Trinajstić information content (AvgIpc) is 3.23. The largest absolute Gasteiger partial charge is 0.385 e. The molecule has 6 heteroatoms. The minimum Gasteiger partial charge on any atom is -0.385 e. The van der Waals surface area contributed by atoms with Crippen LogP contribution in [0.15, 0.2) is 36.0 Å². The van der Waals surface area contributed by atoms with E-state index in [4.69, 9.17) is 0 Å². The summed E-state index contributed by atoms with van der Waals surface area (Å²) >= 11 is 0. The molecule has 1 aromatic rings. The van der Waals surface area contributed by atoms with Crippen LogP contribution in [0.1, 0.15) is 19.4 Å². The molecule has 1 aromatic carbocycles. The minimum atomic E-state index is -0.480. The van der Waals surface area contributed by atoms with Crippen molar-refractivity contribution in [3.8, 4) is 0 Å². The molecule has 1 aliphatic carbocycles. The Kier molecular flexibility index (Phi) is 4.11. The summed E-state index contributed by atoms with van der Waals surface area (Å²) in [6.07, 6.45) is 4.29. The third kappa shape index (κ3) is 2.57. The highest BCUT2D eigenvalue weighted by molar-refractivity contribution is 5.74. The molecule has 5 rings (SSSR count). The van der Waals surface area contributed by atoms with Gasteiger partial charge in [-0.3, -0.25) is 10.9 Å². The topological polar surface area (TPSA) is 48.1 Å². The lowest BCUT2D eigenvalue weighted by atomic mass is 9.62. The molecule has 3 heterocycles. The zero-order valence-corrected chi connectivity index (χ0v) is 15.6. The zero-order valence-electron chi connectivity index (χ0n) is 15.6. The molecule has 6 unspecified atom stereocenters. The van der Waals surface area contributed by atoms with Crippen LogP contribution in [-0.4, -0.2) is 31.2 Å². The molecule has 27 heavy (non-hydrogen) atoms. The second-order valence-corrected chi connectivity index (χ2v) is 8.55. The Balaban J connectivity index is 1.68. The van der Waals surface area contributed by atoms with Crippen molar-refractivity contribution in [3.05, 3.63) is 53.2 Å². The number of halogens is 2. The van der Waals surface area contributed by atoms with Gasteiger partial charge in [0.2, 0.25) is 0 Å². The zero-order chi connectivity index (χ0) is 18.7. The average molecular weight is 372 g/mol. The molecule has 0 bridgehead atoms. The Morgan fingerprint density at radius 2 is 1.93 bits per heavy atom. The second-order valence-electron chi connectivity index (χ2n) is 8.55. The van der Waals surface area contributed by atoms with E-state index >= 15 is 0 Å². The molecule has 0 radical (unpaired) electrons. The number of hydrogen-bond acceptors (Lipinski definition) is 4. The number of benzene rings is 1. The summed E-state index contributed by atoms with van der Waals surface area (Å²) in [5.74, 6) is 0.252. The molecule has 3 aliphatic heterocycles. The maximum Gasteiger partial charge on any atom is 0.133 e. The number of fused-ring (bicyclic) bond motifs is 2. The Hall–Kier alpha value is -1.76. The van der Waals surface area contributed by atoms with E-state index in [1.807, 2.05) is 0 Å². The van der Waals surface area contributed by atoms with Crippen LogP contribution in [0.25, 0.3) is 5.57 Å². The summed E-state index contributed by atoms with van der Waals surface area (Å²) in [6.45, 7) is 6.04. The van der Waals surface area contributed by atoms with Crippen LogP contribution in [0.5, 0.6) is 0 Å². The van der Waals surface area contributed by atoms with Crippen LogP contribution in [-0.2, 0) is 0 Å². The van der Waals surface area contributed by atoms with E-state index in [1.54, 1.807) is 0 Å². The lowest BCUT2D eigenvalue weighted by Gasteiger charge is -2.44. The maximum atomic E-state index is 14.6. The fourth-order valence-corrected chi connectivity index (χ4v) is 5.64. The quantitative estimate of drug-likeness (QED) is 0.643. The van der Waals surface area contributed by atoms with Gasteiger partial charge >= 0.3 is 0 Å². The Morgan fingerprint density at radius 3 is 2.67 bits per heavy atom. The van der Waals surface area contributed by atoms with Gasteiger partial charge in [-0.1, -0.05) is 26.0 Å². The van der Waals surface area contributed by atoms with E-state index < -0.39 is 11.6 Å². The van der Waals surface area contributed by atoms with E-state index in [-0.39, 0.29) is 29.5 Å². The SMILES string of the molecule is CC(C)C1C=C(c2c(F)cccc2F)C2NCC3=CNC4CNNC4C1C32. The molecule has 4 aliphatic rings. The van der Waals surface area contributed by atoms with Crippen molar-refractivity contribution in [2.24, 2.45) is 23.7 Å². The summed E-state index contributed by atoms with van der Waals surface area (Å²) in [4.78, 5) is 0. The van der Waals surface area contributed by atoms with Crippen molar-refractivity contribution in [1.29, 1.82) is 0 Å². The molecule has 2 fully saturated rings. The van der Waals surface area contributed by atoms with Gasteiger partial charge in [-0.2, -0.15) is 0 Å². The monoisotopic (exact) mass is 372 g/mol. The van der Waals surface area contributed by atoms with Crippen LogP contribution in [0.3, 0.4) is 0 Å². The molecule has 6 atom stereocenters. The molecule has 0 amide bonds. The Bertz CT molecular complexity index is 798. The van der Waals surface area contributed by atoms with Crippen molar-refractivity contribution < 1.29 is 8.78 Å². The molecule has 4 nitrogen and oxygen atoms in total. The van der Waals surface area contributed by atoms with Crippen LogP contribution >= 0.6 is 0 Å². The van der Waals surface area contributed by atoms with Gasteiger partial charge < -0.3 is 10.6 Å². The van der Waals surface area contributed by atoms with Crippen LogP contribution in [0.2, 0.25) is 0 Å². The van der Waals surface area contributed by atoms with E-state index in [2.05, 4.69) is 47.6 Å². The van der Waals surface area contributed by atoms with Gasteiger partial charge in [0, 0.05) is 31.1 Å². The summed E-state index contributed by atoms with van der Waals surface area (Å²) in [5.41, 5.74) is 8.99. The summed E-state index contributed by atoms with van der Waals surface area (Å²) in [7, 11) is 0. The normalized spacial score (nSPS) is 37.2. The number of nitrogens with one attached hydrogen (secondary N) is 4. The summed E-state index contributed by atoms with van der Waals surface area (Å²) in [6, 6.07) is 4.69. The van der Waals surface area contributed by atoms with E-state index in [9.17, 15) is 8.78 Å². The first kappa shape index (κ1) is 17.3. The maximum absolute atomic E-state index is 14.6. The molecule has 4 N–H and O–H groups in total. The smallest absolute Gasteiger partial charge is 0.133 e. The molecular weight excluding hydrogens is 346 g/mol. The molecule has 0 aromatic heterocycles. The lowest BCUT2D eigenvalue weighted by molar-refractivity contribution is 0.168. The third-order valence-corrected chi connectivity index (χ3v) is 6.82. The highest BCUT2D eigenvalue weighted by Crippen LogP contribution is 2.50. The molecule has 144 valence electrons. The van der Waals surface area contributed by atoms with Gasteiger partial charge in [0.05, 0.1) is 11.6 Å².